The molecule has 2 fully saturated rings. The lowest BCUT2D eigenvalue weighted by atomic mass is 10.0. The standard InChI is InChI=1S/C28H28ClN7O11S2/c1-28(2,26(44)45)47-34-17(14-10-49-27(30)32-14)21(39)33-18-23(41)36-19(25(42)43)11(9-48-24(18)36)7-31-46-12-5-6-35(8-12)22(40)13-3-4-15(37)20(38)16(13)29/h3-4,7,10,12,18,24,37-38H,5-6,8-9H2,1-2H3,(H2,30,32)(H,33,39)(H,42,43)(H,44,45)/b31-7+,34-17-/t12-,18?,24?/m0/s1. The van der Waals surface area contributed by atoms with Crippen molar-refractivity contribution in [3.8, 4) is 11.5 Å². The molecular weight excluding hydrogens is 710 g/mol. The number of carbonyl (C=O) groups is 5. The van der Waals surface area contributed by atoms with E-state index in [9.17, 15) is 44.4 Å². The minimum Gasteiger partial charge on any atom is -0.504 e. The molecule has 3 aliphatic heterocycles. The van der Waals surface area contributed by atoms with Crippen LogP contribution in [0.5, 0.6) is 11.5 Å². The van der Waals surface area contributed by atoms with Crippen LogP contribution in [0.25, 0.3) is 0 Å². The zero-order valence-electron chi connectivity index (χ0n) is 25.5. The number of phenolic OH excluding ortho intramolecular Hbond substituents is 2. The SMILES string of the molecule is CC(C)(O/N=C(\C(=O)NC1C(=O)N2C(C(=O)O)=C(/C=N/O[C@H]3CCN(C(=O)c4ccc(O)c(O)c4Cl)C3)CSC12)c1csc(N)n1)C(=O)O. The Bertz CT molecular complexity index is 1830. The number of anilines is 1. The molecule has 3 aliphatic rings. The third-order valence-electron chi connectivity index (χ3n) is 7.52. The van der Waals surface area contributed by atoms with Gasteiger partial charge in [-0.2, -0.15) is 0 Å². The zero-order valence-corrected chi connectivity index (χ0v) is 27.9. The molecule has 260 valence electrons. The highest BCUT2D eigenvalue weighted by molar-refractivity contribution is 8.00. The van der Waals surface area contributed by atoms with E-state index in [0.717, 1.165) is 34.1 Å². The lowest BCUT2D eigenvalue weighted by Gasteiger charge is -2.49. The Labute approximate surface area is 289 Å². The molecule has 2 aromatic rings. The van der Waals surface area contributed by atoms with E-state index in [1.807, 2.05) is 0 Å². The molecule has 7 N–H and O–H groups in total. The number of hydrogen-bond donors (Lipinski definition) is 6. The Balaban J connectivity index is 1.24. The van der Waals surface area contributed by atoms with E-state index in [1.165, 1.54) is 36.4 Å². The van der Waals surface area contributed by atoms with E-state index in [1.54, 1.807) is 0 Å². The fraction of sp³-hybridized carbons (Fsp3) is 0.357. The number of fused-ring (bicyclic) bond motifs is 1. The summed E-state index contributed by atoms with van der Waals surface area (Å²) >= 11 is 8.16. The summed E-state index contributed by atoms with van der Waals surface area (Å²) in [5.41, 5.74) is 3.21. The smallest absolute Gasteiger partial charge is 0.353 e. The Morgan fingerprint density at radius 2 is 1.96 bits per heavy atom. The Hall–Kier alpha value is -5.08. The van der Waals surface area contributed by atoms with Gasteiger partial charge in [-0.25, -0.2) is 14.6 Å². The molecule has 21 heteroatoms. The third-order valence-corrected chi connectivity index (χ3v) is 9.88. The molecule has 0 spiro atoms. The maximum atomic E-state index is 13.3. The number of nitrogens with zero attached hydrogens (tertiary/aromatic N) is 5. The van der Waals surface area contributed by atoms with Crippen LogP contribution >= 0.6 is 34.7 Å². The summed E-state index contributed by atoms with van der Waals surface area (Å²) in [5, 5.41) is 49.2. The van der Waals surface area contributed by atoms with Gasteiger partial charge >= 0.3 is 11.9 Å². The highest BCUT2D eigenvalue weighted by atomic mass is 35.5. The second-order valence-corrected chi connectivity index (χ2v) is 13.6. The minimum atomic E-state index is -1.81. The number of hydrogen-bond acceptors (Lipinski definition) is 15. The number of β-lactam (4-membered cyclic amide) rings is 1. The van der Waals surface area contributed by atoms with Crippen molar-refractivity contribution in [3.05, 3.63) is 45.1 Å². The maximum Gasteiger partial charge on any atom is 0.353 e. The van der Waals surface area contributed by atoms with E-state index >= 15 is 0 Å². The van der Waals surface area contributed by atoms with Crippen molar-refractivity contribution in [1.29, 1.82) is 0 Å². The van der Waals surface area contributed by atoms with E-state index in [0.29, 0.717) is 6.42 Å². The summed E-state index contributed by atoms with van der Waals surface area (Å²) < 4.78 is 0. The molecular formula is C28H28ClN7O11S2. The van der Waals surface area contributed by atoms with Gasteiger partial charge in [-0.1, -0.05) is 21.9 Å². The molecule has 18 nitrogen and oxygen atoms in total. The fourth-order valence-corrected chi connectivity index (χ4v) is 6.91. The van der Waals surface area contributed by atoms with E-state index in [4.69, 9.17) is 27.0 Å². The van der Waals surface area contributed by atoms with Crippen LogP contribution in [0.15, 0.2) is 39.1 Å². The van der Waals surface area contributed by atoms with Gasteiger partial charge in [0.05, 0.1) is 23.3 Å². The molecule has 3 atom stereocenters. The van der Waals surface area contributed by atoms with Crippen LogP contribution in [0.1, 0.15) is 36.3 Å². The first kappa shape index (κ1) is 35.2. The van der Waals surface area contributed by atoms with Crippen molar-refractivity contribution in [2.24, 2.45) is 10.3 Å². The predicted molar refractivity (Wildman–Crippen MR) is 174 cm³/mol. The number of carboxylic acids is 2. The first-order valence-electron chi connectivity index (χ1n) is 14.2. The van der Waals surface area contributed by atoms with Gasteiger partial charge in [-0.15, -0.1) is 23.1 Å². The topological polar surface area (TPSA) is 267 Å². The second kappa shape index (κ2) is 13.8. The fourth-order valence-electron chi connectivity index (χ4n) is 4.82. The van der Waals surface area contributed by atoms with Crippen molar-refractivity contribution >= 4 is 81.4 Å². The number of aromatic nitrogens is 1. The molecule has 3 amide bonds. The number of thiazole rings is 1. The molecule has 2 saturated heterocycles. The first-order chi connectivity index (χ1) is 23.1. The van der Waals surface area contributed by atoms with Crippen LogP contribution < -0.4 is 11.1 Å². The first-order valence-corrected chi connectivity index (χ1v) is 16.5. The van der Waals surface area contributed by atoms with Crippen LogP contribution in [0.4, 0.5) is 5.13 Å². The number of aliphatic carboxylic acids is 2. The van der Waals surface area contributed by atoms with Crippen molar-refractivity contribution < 1.29 is 54.1 Å². The van der Waals surface area contributed by atoms with Gasteiger partial charge in [0.15, 0.2) is 22.3 Å². The number of halogens is 1. The molecule has 1 aromatic heterocycles. The van der Waals surface area contributed by atoms with E-state index < -0.39 is 70.0 Å². The van der Waals surface area contributed by atoms with Crippen LogP contribution in [-0.2, 0) is 28.9 Å². The van der Waals surface area contributed by atoms with E-state index in [-0.39, 0.29) is 51.5 Å². The van der Waals surface area contributed by atoms with Crippen molar-refractivity contribution in [2.45, 2.75) is 43.4 Å². The van der Waals surface area contributed by atoms with Crippen molar-refractivity contribution in [1.82, 2.24) is 20.1 Å². The Morgan fingerprint density at radius 3 is 2.61 bits per heavy atom. The number of oxime groups is 2. The summed E-state index contributed by atoms with van der Waals surface area (Å²) in [5.74, 6) is -5.93. The van der Waals surface area contributed by atoms with Crippen molar-refractivity contribution in [2.75, 3.05) is 24.6 Å². The number of carbonyl (C=O) groups excluding carboxylic acids is 3. The summed E-state index contributed by atoms with van der Waals surface area (Å²) in [6.45, 7) is 2.82. The number of aromatic hydroxyl groups is 2. The van der Waals surface area contributed by atoms with Gasteiger partial charge in [0, 0.05) is 29.7 Å². The molecule has 0 aliphatic carbocycles. The number of amides is 3. The average Bonchev–Trinajstić information content (AvgIpc) is 3.71. The number of carboxylic acid groups (broad SMARTS) is 2. The van der Waals surface area contributed by atoms with E-state index in [2.05, 4.69) is 20.6 Å². The number of benzene rings is 1. The van der Waals surface area contributed by atoms with Gasteiger partial charge in [-0.05, 0) is 26.0 Å². The van der Waals surface area contributed by atoms with Gasteiger partial charge in [-0.3, -0.25) is 19.3 Å². The normalized spacial score (nSPS) is 21.0. The molecule has 4 heterocycles. The second-order valence-electron chi connectivity index (χ2n) is 11.3. The van der Waals surface area contributed by atoms with Crippen molar-refractivity contribution in [3.63, 3.8) is 0 Å². The zero-order chi connectivity index (χ0) is 35.8. The lowest BCUT2D eigenvalue weighted by molar-refractivity contribution is -0.161. The van der Waals surface area contributed by atoms with Gasteiger partial charge in [0.25, 0.3) is 17.7 Å². The largest absolute Gasteiger partial charge is 0.504 e. The quantitative estimate of drug-likeness (QED) is 0.0814. The lowest BCUT2D eigenvalue weighted by Crippen LogP contribution is -2.71. The van der Waals surface area contributed by atoms with Gasteiger partial charge in [0.2, 0.25) is 5.60 Å². The molecule has 2 unspecified atom stereocenters. The van der Waals surface area contributed by atoms with Gasteiger partial charge in [0.1, 0.15) is 28.9 Å². The summed E-state index contributed by atoms with van der Waals surface area (Å²) in [7, 11) is 0. The molecule has 0 saturated carbocycles. The van der Waals surface area contributed by atoms with Crippen LogP contribution in [-0.4, -0.2) is 119 Å². The Morgan fingerprint density at radius 1 is 1.22 bits per heavy atom. The molecule has 5 rings (SSSR count). The minimum absolute atomic E-state index is 0.00771. The molecule has 1 aromatic carbocycles. The molecule has 0 bridgehead atoms. The molecule has 0 radical (unpaired) electrons. The van der Waals surface area contributed by atoms with Crippen LogP contribution in [0.3, 0.4) is 0 Å². The molecule has 49 heavy (non-hydrogen) atoms. The number of nitrogen functional groups attached to an aromatic ring is 1. The number of nitrogens with two attached hydrogens (primary N) is 1. The summed E-state index contributed by atoms with van der Waals surface area (Å²) in [6.07, 6.45) is 1.00. The number of rotatable bonds is 11. The van der Waals surface area contributed by atoms with Crippen LogP contribution in [0.2, 0.25) is 5.02 Å². The predicted octanol–water partition coefficient (Wildman–Crippen LogP) is 1.03. The summed E-state index contributed by atoms with van der Waals surface area (Å²) in [6, 6.07) is 1.27. The highest BCUT2D eigenvalue weighted by Crippen LogP contribution is 2.40. The number of likely N-dealkylation sites (tertiary alicyclic amines) is 1. The summed E-state index contributed by atoms with van der Waals surface area (Å²) in [4.78, 5) is 80.1. The average molecular weight is 738 g/mol. The number of phenols is 2. The monoisotopic (exact) mass is 737 g/mol. The third kappa shape index (κ3) is 7.06. The van der Waals surface area contributed by atoms with Gasteiger partial charge < -0.3 is 46.1 Å². The Kier molecular flexibility index (Phi) is 9.92. The number of thioether (sulfide) groups is 1. The maximum absolute atomic E-state index is 13.3. The van der Waals surface area contributed by atoms with Crippen LogP contribution in [0, 0.1) is 0 Å². The highest BCUT2D eigenvalue weighted by Gasteiger charge is 2.54. The number of nitrogens with one attached hydrogen (secondary N) is 1.